The Kier molecular flexibility index (Phi) is 9.05. The Morgan fingerprint density at radius 3 is 2.18 bits per heavy atom. The summed E-state index contributed by atoms with van der Waals surface area (Å²) < 4.78 is 0. The molecule has 0 amide bonds. The van der Waals surface area contributed by atoms with E-state index in [1.165, 1.54) is 64.5 Å². The van der Waals surface area contributed by atoms with E-state index < -0.39 is 0 Å². The first kappa shape index (κ1) is 20.0. The molecular formula is C17H35IN4. The Labute approximate surface area is 153 Å². The van der Waals surface area contributed by atoms with Crippen molar-refractivity contribution in [2.24, 2.45) is 4.99 Å². The number of halogens is 1. The second-order valence-electron chi connectivity index (χ2n) is 7.06. The number of piperidine rings is 1. The van der Waals surface area contributed by atoms with E-state index in [4.69, 9.17) is 0 Å². The van der Waals surface area contributed by atoms with E-state index in [2.05, 4.69) is 34.4 Å². The van der Waals surface area contributed by atoms with Gasteiger partial charge in [0.2, 0.25) is 0 Å². The molecule has 1 heterocycles. The van der Waals surface area contributed by atoms with Gasteiger partial charge in [-0.2, -0.15) is 0 Å². The molecule has 0 spiro atoms. The van der Waals surface area contributed by atoms with Gasteiger partial charge in [-0.05, 0) is 52.6 Å². The standard InChI is InChI=1S/C17H34N4.HI/c1-15(2)20-16(18-3)19-14-17(10-6-4-7-11-17)21-12-8-5-9-13-21;/h15H,4-14H2,1-3H3,(H2,18,19,20);1H. The summed E-state index contributed by atoms with van der Waals surface area (Å²) in [6, 6.07) is 0.425. The van der Waals surface area contributed by atoms with E-state index in [-0.39, 0.29) is 24.0 Å². The third-order valence-corrected chi connectivity index (χ3v) is 5.05. The van der Waals surface area contributed by atoms with Crippen molar-refractivity contribution >= 4 is 29.9 Å². The molecule has 2 N–H and O–H groups in total. The minimum absolute atomic E-state index is 0. The highest BCUT2D eigenvalue weighted by Gasteiger charge is 2.38. The second kappa shape index (κ2) is 9.96. The molecule has 0 radical (unpaired) electrons. The van der Waals surface area contributed by atoms with E-state index in [1.807, 2.05) is 7.05 Å². The highest BCUT2D eigenvalue weighted by molar-refractivity contribution is 14.0. The molecule has 1 aliphatic carbocycles. The normalized spacial score (nSPS) is 23.0. The van der Waals surface area contributed by atoms with Gasteiger partial charge in [0.25, 0.3) is 0 Å². The number of nitrogens with one attached hydrogen (secondary N) is 2. The van der Waals surface area contributed by atoms with Crippen molar-refractivity contribution in [1.82, 2.24) is 15.5 Å². The van der Waals surface area contributed by atoms with Crippen LogP contribution in [0.4, 0.5) is 0 Å². The Hall–Kier alpha value is -0.0400. The molecule has 0 aromatic heterocycles. The fourth-order valence-corrected chi connectivity index (χ4v) is 3.90. The topological polar surface area (TPSA) is 39.7 Å². The van der Waals surface area contributed by atoms with Gasteiger partial charge in [-0.3, -0.25) is 9.89 Å². The summed E-state index contributed by atoms with van der Waals surface area (Å²) in [5.41, 5.74) is 0.368. The van der Waals surface area contributed by atoms with Crippen LogP contribution in [0.3, 0.4) is 0 Å². The zero-order chi connectivity index (χ0) is 15.1. The van der Waals surface area contributed by atoms with Gasteiger partial charge in [0, 0.05) is 25.2 Å². The van der Waals surface area contributed by atoms with E-state index in [0.29, 0.717) is 11.6 Å². The van der Waals surface area contributed by atoms with Crippen LogP contribution in [-0.4, -0.2) is 49.1 Å². The molecule has 1 saturated heterocycles. The van der Waals surface area contributed by atoms with Crippen LogP contribution in [0.25, 0.3) is 0 Å². The predicted octanol–water partition coefficient (Wildman–Crippen LogP) is 3.37. The molecule has 4 nitrogen and oxygen atoms in total. The quantitative estimate of drug-likeness (QED) is 0.415. The van der Waals surface area contributed by atoms with Gasteiger partial charge in [0.1, 0.15) is 0 Å². The third kappa shape index (κ3) is 5.55. The summed E-state index contributed by atoms with van der Waals surface area (Å²) in [5, 5.41) is 7.02. The molecule has 1 saturated carbocycles. The van der Waals surface area contributed by atoms with Crippen LogP contribution >= 0.6 is 24.0 Å². The maximum atomic E-state index is 4.36. The van der Waals surface area contributed by atoms with Gasteiger partial charge in [-0.25, -0.2) is 0 Å². The molecular weight excluding hydrogens is 387 g/mol. The number of rotatable bonds is 4. The number of nitrogens with zero attached hydrogens (tertiary/aromatic N) is 2. The first-order chi connectivity index (χ1) is 10.2. The Balaban J connectivity index is 0.00000242. The minimum Gasteiger partial charge on any atom is -0.355 e. The number of aliphatic imine (C=N–C) groups is 1. The van der Waals surface area contributed by atoms with Crippen molar-refractivity contribution in [1.29, 1.82) is 0 Å². The SMILES string of the molecule is CN=C(NCC1(N2CCCCC2)CCCCC1)NC(C)C.I. The average molecular weight is 422 g/mol. The maximum Gasteiger partial charge on any atom is 0.191 e. The second-order valence-corrected chi connectivity index (χ2v) is 7.06. The summed E-state index contributed by atoms with van der Waals surface area (Å²) in [7, 11) is 1.87. The molecule has 0 atom stereocenters. The van der Waals surface area contributed by atoms with E-state index in [1.54, 1.807) is 0 Å². The highest BCUT2D eigenvalue weighted by Crippen LogP contribution is 2.35. The lowest BCUT2D eigenvalue weighted by Gasteiger charge is -2.48. The number of guanidine groups is 1. The molecule has 0 bridgehead atoms. The molecule has 2 rings (SSSR count). The molecule has 130 valence electrons. The van der Waals surface area contributed by atoms with Crippen molar-refractivity contribution in [2.45, 2.75) is 76.8 Å². The number of hydrogen-bond donors (Lipinski definition) is 2. The molecule has 0 unspecified atom stereocenters. The van der Waals surface area contributed by atoms with Crippen LogP contribution < -0.4 is 10.6 Å². The lowest BCUT2D eigenvalue weighted by molar-refractivity contribution is 0.0368. The average Bonchev–Trinajstić information content (AvgIpc) is 2.53. The van der Waals surface area contributed by atoms with Gasteiger partial charge in [-0.15, -0.1) is 24.0 Å². The van der Waals surface area contributed by atoms with Gasteiger partial charge in [0.15, 0.2) is 5.96 Å². The van der Waals surface area contributed by atoms with E-state index in [9.17, 15) is 0 Å². The van der Waals surface area contributed by atoms with Gasteiger partial charge in [-0.1, -0.05) is 25.7 Å². The van der Waals surface area contributed by atoms with Gasteiger partial charge < -0.3 is 10.6 Å². The van der Waals surface area contributed by atoms with Crippen LogP contribution in [-0.2, 0) is 0 Å². The summed E-state index contributed by atoms with van der Waals surface area (Å²) in [6.45, 7) is 7.94. The Bertz CT molecular complexity index is 332. The van der Waals surface area contributed by atoms with Crippen LogP contribution in [0.1, 0.15) is 65.2 Å². The number of likely N-dealkylation sites (tertiary alicyclic amines) is 1. The van der Waals surface area contributed by atoms with Crippen molar-refractivity contribution in [3.8, 4) is 0 Å². The summed E-state index contributed by atoms with van der Waals surface area (Å²) in [6.07, 6.45) is 11.0. The zero-order valence-electron chi connectivity index (χ0n) is 14.7. The van der Waals surface area contributed by atoms with Crippen LogP contribution in [0, 0.1) is 0 Å². The smallest absolute Gasteiger partial charge is 0.191 e. The highest BCUT2D eigenvalue weighted by atomic mass is 127. The minimum atomic E-state index is 0. The fraction of sp³-hybridized carbons (Fsp3) is 0.941. The predicted molar refractivity (Wildman–Crippen MR) is 106 cm³/mol. The molecule has 2 fully saturated rings. The van der Waals surface area contributed by atoms with Crippen LogP contribution in [0.5, 0.6) is 0 Å². The summed E-state index contributed by atoms with van der Waals surface area (Å²) in [5.74, 6) is 0.951. The van der Waals surface area contributed by atoms with Crippen molar-refractivity contribution in [2.75, 3.05) is 26.7 Å². The summed E-state index contributed by atoms with van der Waals surface area (Å²) >= 11 is 0. The molecule has 0 aromatic carbocycles. The first-order valence-corrected chi connectivity index (χ1v) is 8.88. The molecule has 22 heavy (non-hydrogen) atoms. The largest absolute Gasteiger partial charge is 0.355 e. The molecule has 0 aromatic rings. The molecule has 2 aliphatic rings. The third-order valence-electron chi connectivity index (χ3n) is 5.05. The van der Waals surface area contributed by atoms with Crippen LogP contribution in [0.15, 0.2) is 4.99 Å². The van der Waals surface area contributed by atoms with E-state index in [0.717, 1.165) is 12.5 Å². The fourth-order valence-electron chi connectivity index (χ4n) is 3.90. The maximum absolute atomic E-state index is 4.36. The molecule has 1 aliphatic heterocycles. The molecule has 5 heteroatoms. The summed E-state index contributed by atoms with van der Waals surface area (Å²) in [4.78, 5) is 7.15. The Morgan fingerprint density at radius 1 is 1.05 bits per heavy atom. The monoisotopic (exact) mass is 422 g/mol. The first-order valence-electron chi connectivity index (χ1n) is 8.88. The van der Waals surface area contributed by atoms with Crippen LogP contribution in [0.2, 0.25) is 0 Å². The lowest BCUT2D eigenvalue weighted by Crippen LogP contribution is -2.59. The number of hydrogen-bond acceptors (Lipinski definition) is 2. The Morgan fingerprint density at radius 2 is 1.64 bits per heavy atom. The van der Waals surface area contributed by atoms with Gasteiger partial charge in [0.05, 0.1) is 0 Å². The van der Waals surface area contributed by atoms with Crippen molar-refractivity contribution in [3.05, 3.63) is 0 Å². The van der Waals surface area contributed by atoms with Crippen molar-refractivity contribution < 1.29 is 0 Å². The van der Waals surface area contributed by atoms with Gasteiger partial charge >= 0.3 is 0 Å². The zero-order valence-corrected chi connectivity index (χ0v) is 17.0. The van der Waals surface area contributed by atoms with Crippen molar-refractivity contribution in [3.63, 3.8) is 0 Å². The lowest BCUT2D eigenvalue weighted by atomic mass is 9.79. The van der Waals surface area contributed by atoms with E-state index >= 15 is 0 Å².